The third kappa shape index (κ3) is 2.44. The molecule has 0 aliphatic carbocycles. The Labute approximate surface area is 114 Å². The second kappa shape index (κ2) is 5.15. The van der Waals surface area contributed by atoms with Gasteiger partial charge in [-0.3, -0.25) is 4.68 Å². The van der Waals surface area contributed by atoms with Gasteiger partial charge in [-0.1, -0.05) is 18.2 Å². The number of benzene rings is 1. The Hall–Kier alpha value is -1.28. The van der Waals surface area contributed by atoms with E-state index in [1.54, 1.807) is 0 Å². The minimum absolute atomic E-state index is 0.532. The summed E-state index contributed by atoms with van der Waals surface area (Å²) in [6.45, 7) is 9.18. The van der Waals surface area contributed by atoms with Gasteiger partial charge in [0.05, 0.1) is 18.1 Å². The van der Waals surface area contributed by atoms with Gasteiger partial charge >= 0.3 is 0 Å². The summed E-state index contributed by atoms with van der Waals surface area (Å²) in [6.07, 6.45) is 0. The van der Waals surface area contributed by atoms with Crippen molar-refractivity contribution in [3.8, 4) is 0 Å². The average Bonchev–Trinajstić information content (AvgIpc) is 2.59. The molecule has 3 heteroatoms. The lowest BCUT2D eigenvalue weighted by molar-refractivity contribution is 0.658. The van der Waals surface area contributed by atoms with Gasteiger partial charge in [0.15, 0.2) is 0 Å². The largest absolute Gasteiger partial charge is 0.265 e. The first kappa shape index (κ1) is 13.2. The molecule has 0 amide bonds. The van der Waals surface area contributed by atoms with E-state index in [0.717, 1.165) is 17.8 Å². The smallest absolute Gasteiger partial charge is 0.0662 e. The van der Waals surface area contributed by atoms with E-state index in [4.69, 9.17) is 11.6 Å². The van der Waals surface area contributed by atoms with Crippen molar-refractivity contribution in [3.63, 3.8) is 0 Å². The number of nitrogens with zero attached hydrogens (tertiary/aromatic N) is 2. The maximum Gasteiger partial charge on any atom is 0.0662 e. The third-order valence-electron chi connectivity index (χ3n) is 3.57. The first-order valence-corrected chi connectivity index (χ1v) is 6.71. The highest BCUT2D eigenvalue weighted by atomic mass is 35.5. The summed E-state index contributed by atoms with van der Waals surface area (Å²) in [6, 6.07) is 6.56. The Balaban J connectivity index is 2.31. The van der Waals surface area contributed by atoms with Gasteiger partial charge < -0.3 is 0 Å². The molecule has 96 valence electrons. The fourth-order valence-corrected chi connectivity index (χ4v) is 2.54. The lowest BCUT2D eigenvalue weighted by Crippen LogP contribution is -2.04. The van der Waals surface area contributed by atoms with Crippen LogP contribution in [-0.2, 0) is 12.4 Å². The van der Waals surface area contributed by atoms with Crippen LogP contribution < -0.4 is 0 Å². The number of rotatable bonds is 3. The molecule has 0 N–H and O–H groups in total. The van der Waals surface area contributed by atoms with E-state index < -0.39 is 0 Å². The molecule has 0 bridgehead atoms. The highest BCUT2D eigenvalue weighted by molar-refractivity contribution is 6.17. The molecule has 2 rings (SSSR count). The first-order chi connectivity index (χ1) is 8.52. The molecule has 0 saturated heterocycles. The van der Waals surface area contributed by atoms with Gasteiger partial charge in [-0.15, -0.1) is 11.6 Å². The van der Waals surface area contributed by atoms with Crippen LogP contribution in [0.15, 0.2) is 18.2 Å². The van der Waals surface area contributed by atoms with Gasteiger partial charge in [0.2, 0.25) is 0 Å². The van der Waals surface area contributed by atoms with Crippen LogP contribution in [0, 0.1) is 27.7 Å². The van der Waals surface area contributed by atoms with Crippen LogP contribution in [0.25, 0.3) is 0 Å². The molecule has 0 atom stereocenters. The lowest BCUT2D eigenvalue weighted by atomic mass is 10.1. The van der Waals surface area contributed by atoms with Crippen molar-refractivity contribution in [2.45, 2.75) is 40.1 Å². The summed E-state index contributed by atoms with van der Waals surface area (Å²) in [5.41, 5.74) is 7.29. The van der Waals surface area contributed by atoms with E-state index in [2.05, 4.69) is 44.1 Å². The van der Waals surface area contributed by atoms with Gasteiger partial charge in [-0.2, -0.15) is 5.10 Å². The van der Waals surface area contributed by atoms with E-state index >= 15 is 0 Å². The van der Waals surface area contributed by atoms with Crippen LogP contribution >= 0.6 is 11.6 Å². The van der Waals surface area contributed by atoms with Gasteiger partial charge in [-0.25, -0.2) is 0 Å². The normalized spacial score (nSPS) is 10.9. The van der Waals surface area contributed by atoms with E-state index in [-0.39, 0.29) is 0 Å². The molecular weight excluding hydrogens is 244 g/mol. The minimum atomic E-state index is 0.532. The molecule has 2 nitrogen and oxygen atoms in total. The fraction of sp³-hybridized carbons (Fsp3) is 0.400. The summed E-state index contributed by atoms with van der Waals surface area (Å²) >= 11 is 5.95. The monoisotopic (exact) mass is 262 g/mol. The zero-order chi connectivity index (χ0) is 13.3. The van der Waals surface area contributed by atoms with Gasteiger partial charge in [0.1, 0.15) is 0 Å². The number of hydrogen-bond donors (Lipinski definition) is 0. The fourth-order valence-electron chi connectivity index (χ4n) is 2.16. The molecule has 18 heavy (non-hydrogen) atoms. The molecule has 0 saturated carbocycles. The Bertz CT molecular complexity index is 570. The van der Waals surface area contributed by atoms with Crippen molar-refractivity contribution in [1.29, 1.82) is 0 Å². The average molecular weight is 263 g/mol. The maximum absolute atomic E-state index is 5.95. The molecule has 0 unspecified atom stereocenters. The van der Waals surface area contributed by atoms with Crippen LogP contribution in [0.2, 0.25) is 0 Å². The summed E-state index contributed by atoms with van der Waals surface area (Å²) in [7, 11) is 0. The third-order valence-corrected chi connectivity index (χ3v) is 3.84. The number of halogens is 1. The molecule has 0 spiro atoms. The van der Waals surface area contributed by atoms with Gasteiger partial charge in [0.25, 0.3) is 0 Å². The van der Waals surface area contributed by atoms with Crippen LogP contribution in [0.1, 0.15) is 33.6 Å². The van der Waals surface area contributed by atoms with E-state index in [9.17, 15) is 0 Å². The number of aromatic nitrogens is 2. The lowest BCUT2D eigenvalue weighted by Gasteiger charge is -2.07. The van der Waals surface area contributed by atoms with Crippen molar-refractivity contribution >= 4 is 11.6 Å². The number of hydrogen-bond acceptors (Lipinski definition) is 1. The second-order valence-corrected chi connectivity index (χ2v) is 5.13. The molecule has 1 aromatic carbocycles. The summed E-state index contributed by atoms with van der Waals surface area (Å²) in [4.78, 5) is 0. The highest BCUT2D eigenvalue weighted by Crippen LogP contribution is 2.17. The molecule has 0 radical (unpaired) electrons. The van der Waals surface area contributed by atoms with Gasteiger partial charge in [-0.05, 0) is 44.4 Å². The van der Waals surface area contributed by atoms with Gasteiger partial charge in [0, 0.05) is 11.3 Å². The van der Waals surface area contributed by atoms with E-state index in [1.807, 2.05) is 11.6 Å². The number of alkyl halides is 1. The van der Waals surface area contributed by atoms with Crippen molar-refractivity contribution in [3.05, 3.63) is 51.8 Å². The molecular formula is C15H19ClN2. The molecule has 1 heterocycles. The Morgan fingerprint density at radius 2 is 1.83 bits per heavy atom. The Kier molecular flexibility index (Phi) is 3.76. The molecule has 2 aromatic rings. The molecule has 0 aliphatic rings. The molecule has 1 aromatic heterocycles. The van der Waals surface area contributed by atoms with E-state index in [0.29, 0.717) is 5.88 Å². The maximum atomic E-state index is 5.95. The standard InChI is InChI=1S/C15H19ClN2/c1-10-5-6-14(7-11(10)2)9-18-13(4)15(8-16)12(3)17-18/h5-7H,8-9H2,1-4H3. The van der Waals surface area contributed by atoms with Crippen LogP contribution in [-0.4, -0.2) is 9.78 Å². The minimum Gasteiger partial charge on any atom is -0.265 e. The van der Waals surface area contributed by atoms with Crippen LogP contribution in [0.3, 0.4) is 0 Å². The van der Waals surface area contributed by atoms with Crippen molar-refractivity contribution in [2.24, 2.45) is 0 Å². The molecule has 0 fully saturated rings. The van der Waals surface area contributed by atoms with Crippen molar-refractivity contribution in [2.75, 3.05) is 0 Å². The van der Waals surface area contributed by atoms with Crippen molar-refractivity contribution < 1.29 is 0 Å². The predicted octanol–water partition coefficient (Wildman–Crippen LogP) is 3.90. The van der Waals surface area contributed by atoms with Crippen LogP contribution in [0.4, 0.5) is 0 Å². The topological polar surface area (TPSA) is 17.8 Å². The zero-order valence-electron chi connectivity index (χ0n) is 11.4. The van der Waals surface area contributed by atoms with E-state index in [1.165, 1.54) is 22.4 Å². The zero-order valence-corrected chi connectivity index (χ0v) is 12.2. The van der Waals surface area contributed by atoms with Crippen molar-refractivity contribution in [1.82, 2.24) is 9.78 Å². The SMILES string of the molecule is Cc1ccc(Cn2nc(C)c(CCl)c2C)cc1C. The highest BCUT2D eigenvalue weighted by Gasteiger charge is 2.10. The summed E-state index contributed by atoms with van der Waals surface area (Å²) in [5, 5.41) is 4.56. The summed E-state index contributed by atoms with van der Waals surface area (Å²) in [5.74, 6) is 0.532. The predicted molar refractivity (Wildman–Crippen MR) is 76.3 cm³/mol. The quantitative estimate of drug-likeness (QED) is 0.767. The second-order valence-electron chi connectivity index (χ2n) is 4.86. The summed E-state index contributed by atoms with van der Waals surface area (Å²) < 4.78 is 2.04. The molecule has 0 aliphatic heterocycles. The first-order valence-electron chi connectivity index (χ1n) is 6.18. The number of aryl methyl sites for hydroxylation is 3. The van der Waals surface area contributed by atoms with Crippen LogP contribution in [0.5, 0.6) is 0 Å². The Morgan fingerprint density at radius 1 is 1.11 bits per heavy atom. The Morgan fingerprint density at radius 3 is 2.39 bits per heavy atom.